The van der Waals surface area contributed by atoms with E-state index in [9.17, 15) is 9.59 Å². The number of carbonyl (C=O) groups is 2. The van der Waals surface area contributed by atoms with Crippen LogP contribution in [0.4, 0.5) is 5.82 Å². The van der Waals surface area contributed by atoms with E-state index in [2.05, 4.69) is 15.5 Å². The quantitative estimate of drug-likeness (QED) is 0.648. The highest BCUT2D eigenvalue weighted by molar-refractivity contribution is 6.06. The van der Waals surface area contributed by atoms with Crippen molar-refractivity contribution in [1.29, 1.82) is 0 Å². The molecule has 2 aromatic rings. The lowest BCUT2D eigenvalue weighted by atomic mass is 10.1. The zero-order valence-corrected chi connectivity index (χ0v) is 9.88. The molecule has 0 saturated carbocycles. The molecule has 0 aliphatic heterocycles. The summed E-state index contributed by atoms with van der Waals surface area (Å²) in [5.41, 5.74) is 6.68. The first-order valence-electron chi connectivity index (χ1n) is 5.49. The van der Waals surface area contributed by atoms with Crippen LogP contribution in [0.5, 0.6) is 0 Å². The molecule has 0 atom stereocenters. The Morgan fingerprint density at radius 2 is 2.00 bits per heavy atom. The second-order valence-corrected chi connectivity index (χ2v) is 3.82. The first-order valence-corrected chi connectivity index (χ1v) is 5.49. The van der Waals surface area contributed by atoms with E-state index in [4.69, 9.17) is 10.8 Å². The lowest BCUT2D eigenvalue weighted by Gasteiger charge is -2.04. The molecule has 0 unspecified atom stereocenters. The van der Waals surface area contributed by atoms with Crippen molar-refractivity contribution in [3.05, 3.63) is 47.2 Å². The van der Waals surface area contributed by atoms with Crippen LogP contribution in [0.25, 0.3) is 0 Å². The summed E-state index contributed by atoms with van der Waals surface area (Å²) in [7, 11) is 0. The first kappa shape index (κ1) is 12.8. The lowest BCUT2D eigenvalue weighted by Crippen LogP contribution is -2.14. The Balaban J connectivity index is 2.16. The highest BCUT2D eigenvalue weighted by Crippen LogP contribution is 2.13. The van der Waals surface area contributed by atoms with Crippen LogP contribution in [0.2, 0.25) is 0 Å². The van der Waals surface area contributed by atoms with Gasteiger partial charge in [-0.1, -0.05) is 12.1 Å². The summed E-state index contributed by atoms with van der Waals surface area (Å²) in [6.07, 6.45) is 1.13. The van der Waals surface area contributed by atoms with E-state index in [0.717, 1.165) is 11.8 Å². The molecule has 1 amide bonds. The third kappa shape index (κ3) is 2.78. The zero-order valence-electron chi connectivity index (χ0n) is 9.88. The topological polar surface area (TPSA) is 121 Å². The molecule has 0 radical (unpaired) electrons. The summed E-state index contributed by atoms with van der Waals surface area (Å²) in [6, 6.07) is 6.71. The minimum absolute atomic E-state index is 0.0559. The number of carbonyl (C=O) groups excluding carboxylic acids is 1. The number of amides is 1. The second kappa shape index (κ2) is 5.32. The maximum atomic E-state index is 11.9. The van der Waals surface area contributed by atoms with Crippen molar-refractivity contribution in [2.45, 2.75) is 6.54 Å². The summed E-state index contributed by atoms with van der Waals surface area (Å²) < 4.78 is 0. The SMILES string of the molecule is NCc1ccc(C(=O)Nc2[nH]ncc2C(=O)O)cc1. The Kier molecular flexibility index (Phi) is 3.58. The van der Waals surface area contributed by atoms with E-state index >= 15 is 0 Å². The molecule has 7 heteroatoms. The van der Waals surface area contributed by atoms with Gasteiger partial charge in [-0.05, 0) is 17.7 Å². The average Bonchev–Trinajstić information content (AvgIpc) is 2.87. The number of benzene rings is 1. The number of nitrogens with one attached hydrogen (secondary N) is 2. The van der Waals surface area contributed by atoms with Gasteiger partial charge >= 0.3 is 5.97 Å². The van der Waals surface area contributed by atoms with Crippen molar-refractivity contribution in [2.24, 2.45) is 5.73 Å². The Bertz CT molecular complexity index is 604. The molecule has 1 heterocycles. The molecule has 7 nitrogen and oxygen atoms in total. The van der Waals surface area contributed by atoms with Gasteiger partial charge in [0.2, 0.25) is 0 Å². The van der Waals surface area contributed by atoms with Gasteiger partial charge in [0.15, 0.2) is 0 Å². The van der Waals surface area contributed by atoms with Crippen LogP contribution in [-0.2, 0) is 6.54 Å². The molecule has 2 rings (SSSR count). The average molecular weight is 260 g/mol. The number of carboxylic acids is 1. The molecule has 0 aliphatic carbocycles. The zero-order chi connectivity index (χ0) is 13.8. The number of aromatic amines is 1. The highest BCUT2D eigenvalue weighted by Gasteiger charge is 2.15. The van der Waals surface area contributed by atoms with E-state index in [1.807, 2.05) is 0 Å². The van der Waals surface area contributed by atoms with Crippen LogP contribution >= 0.6 is 0 Å². The fourth-order valence-corrected chi connectivity index (χ4v) is 1.52. The number of aromatic nitrogens is 2. The molecule has 0 aliphatic rings. The van der Waals surface area contributed by atoms with E-state index in [1.54, 1.807) is 24.3 Å². The Morgan fingerprint density at radius 1 is 1.32 bits per heavy atom. The number of nitrogens with two attached hydrogens (primary N) is 1. The summed E-state index contributed by atoms with van der Waals surface area (Å²) in [5, 5.41) is 17.3. The van der Waals surface area contributed by atoms with Gasteiger partial charge in [0.05, 0.1) is 6.20 Å². The molecular weight excluding hydrogens is 248 g/mol. The number of anilines is 1. The number of hydrogen-bond donors (Lipinski definition) is 4. The van der Waals surface area contributed by atoms with E-state index in [1.165, 1.54) is 0 Å². The van der Waals surface area contributed by atoms with Crippen LogP contribution < -0.4 is 11.1 Å². The number of aromatic carboxylic acids is 1. The third-order valence-corrected chi connectivity index (χ3v) is 2.56. The highest BCUT2D eigenvalue weighted by atomic mass is 16.4. The molecule has 5 N–H and O–H groups in total. The van der Waals surface area contributed by atoms with Crippen LogP contribution in [-0.4, -0.2) is 27.2 Å². The minimum atomic E-state index is -1.16. The van der Waals surface area contributed by atoms with Crippen molar-refractivity contribution in [1.82, 2.24) is 10.2 Å². The number of carboxylic acid groups (broad SMARTS) is 1. The number of nitrogens with zero attached hydrogens (tertiary/aromatic N) is 1. The lowest BCUT2D eigenvalue weighted by molar-refractivity contribution is 0.0698. The van der Waals surface area contributed by atoms with Crippen molar-refractivity contribution in [2.75, 3.05) is 5.32 Å². The third-order valence-electron chi connectivity index (χ3n) is 2.56. The predicted molar refractivity (Wildman–Crippen MR) is 67.8 cm³/mol. The van der Waals surface area contributed by atoms with Crippen LogP contribution in [0.3, 0.4) is 0 Å². The van der Waals surface area contributed by atoms with Gasteiger partial charge in [0, 0.05) is 12.1 Å². The molecular formula is C12H12N4O3. The summed E-state index contributed by atoms with van der Waals surface area (Å²) >= 11 is 0. The summed E-state index contributed by atoms with van der Waals surface area (Å²) in [4.78, 5) is 22.8. The monoisotopic (exact) mass is 260 g/mol. The van der Waals surface area contributed by atoms with Crippen molar-refractivity contribution >= 4 is 17.7 Å². The Labute approximate surface area is 108 Å². The van der Waals surface area contributed by atoms with E-state index in [0.29, 0.717) is 12.1 Å². The molecule has 19 heavy (non-hydrogen) atoms. The number of hydrogen-bond acceptors (Lipinski definition) is 4. The molecule has 1 aromatic heterocycles. The van der Waals surface area contributed by atoms with Gasteiger partial charge < -0.3 is 16.2 Å². The Morgan fingerprint density at radius 3 is 2.58 bits per heavy atom. The summed E-state index contributed by atoms with van der Waals surface area (Å²) in [6.45, 7) is 0.394. The molecule has 0 saturated heterocycles. The Hall–Kier alpha value is -2.67. The first-order chi connectivity index (χ1) is 9.11. The maximum absolute atomic E-state index is 11.9. The summed E-state index contributed by atoms with van der Waals surface area (Å²) in [5.74, 6) is -1.53. The van der Waals surface area contributed by atoms with Crippen molar-refractivity contribution in [3.8, 4) is 0 Å². The molecule has 0 spiro atoms. The number of rotatable bonds is 4. The molecule has 0 bridgehead atoms. The smallest absolute Gasteiger partial charge is 0.341 e. The van der Waals surface area contributed by atoms with Crippen molar-refractivity contribution in [3.63, 3.8) is 0 Å². The van der Waals surface area contributed by atoms with Gasteiger partial charge in [-0.25, -0.2) is 4.79 Å². The van der Waals surface area contributed by atoms with Gasteiger partial charge in [0.25, 0.3) is 5.91 Å². The number of H-pyrrole nitrogens is 1. The second-order valence-electron chi connectivity index (χ2n) is 3.82. The minimum Gasteiger partial charge on any atom is -0.477 e. The normalized spacial score (nSPS) is 10.2. The van der Waals surface area contributed by atoms with E-state index < -0.39 is 11.9 Å². The predicted octanol–water partition coefficient (Wildman–Crippen LogP) is 0.819. The van der Waals surface area contributed by atoms with E-state index in [-0.39, 0.29) is 11.4 Å². The van der Waals surface area contributed by atoms with Crippen molar-refractivity contribution < 1.29 is 14.7 Å². The van der Waals surface area contributed by atoms with Gasteiger partial charge in [-0.2, -0.15) is 5.10 Å². The van der Waals surface area contributed by atoms with Gasteiger partial charge in [0.1, 0.15) is 11.4 Å². The molecule has 98 valence electrons. The molecule has 1 aromatic carbocycles. The van der Waals surface area contributed by atoms with Gasteiger partial charge in [-0.15, -0.1) is 0 Å². The molecule has 0 fully saturated rings. The van der Waals surface area contributed by atoms with Crippen LogP contribution in [0, 0.1) is 0 Å². The fraction of sp³-hybridized carbons (Fsp3) is 0.0833. The maximum Gasteiger partial charge on any atom is 0.341 e. The standard InChI is InChI=1S/C12H12N4O3/c13-5-7-1-3-8(4-2-7)11(17)15-10-9(12(18)19)6-14-16-10/h1-4,6H,5,13H2,(H,18,19)(H2,14,15,16,17). The van der Waals surface area contributed by atoms with Gasteiger partial charge in [-0.3, -0.25) is 9.89 Å². The van der Waals surface area contributed by atoms with Crippen LogP contribution in [0.15, 0.2) is 30.5 Å². The van der Waals surface area contributed by atoms with Crippen LogP contribution in [0.1, 0.15) is 26.3 Å². The fourth-order valence-electron chi connectivity index (χ4n) is 1.52. The largest absolute Gasteiger partial charge is 0.477 e.